The molecular weight excluding hydrogens is 202 g/mol. The van der Waals surface area contributed by atoms with Crippen molar-refractivity contribution in [3.63, 3.8) is 0 Å². The van der Waals surface area contributed by atoms with E-state index in [1.807, 2.05) is 13.1 Å². The van der Waals surface area contributed by atoms with Crippen LogP contribution >= 0.6 is 0 Å². The third-order valence-electron chi connectivity index (χ3n) is 3.50. The predicted octanol–water partition coefficient (Wildman–Crippen LogP) is 1.62. The normalized spacial score (nSPS) is 24.9. The van der Waals surface area contributed by atoms with Crippen molar-refractivity contribution in [3.05, 3.63) is 18.0 Å². The highest BCUT2D eigenvalue weighted by atomic mass is 16.1. The lowest BCUT2D eigenvalue weighted by Gasteiger charge is -2.25. The van der Waals surface area contributed by atoms with Crippen LogP contribution in [0.25, 0.3) is 0 Å². The number of hydrogen-bond donors (Lipinski definition) is 1. The van der Waals surface area contributed by atoms with Crippen molar-refractivity contribution < 1.29 is 4.79 Å². The van der Waals surface area contributed by atoms with Gasteiger partial charge in [-0.15, -0.1) is 0 Å². The van der Waals surface area contributed by atoms with Gasteiger partial charge in [0.2, 0.25) is 0 Å². The number of carbonyl (C=O) groups excluding carboxylic acids is 1. The summed E-state index contributed by atoms with van der Waals surface area (Å²) in [6, 6.07) is 0. The number of hydrogen-bond acceptors (Lipinski definition) is 3. The van der Waals surface area contributed by atoms with E-state index in [1.54, 1.807) is 10.9 Å². The van der Waals surface area contributed by atoms with Gasteiger partial charge in [-0.2, -0.15) is 5.10 Å². The molecule has 1 aromatic heterocycles. The molecule has 1 aromatic rings. The minimum atomic E-state index is -0.332. The zero-order valence-electron chi connectivity index (χ0n) is 9.99. The molecule has 0 bridgehead atoms. The van der Waals surface area contributed by atoms with Gasteiger partial charge in [0, 0.05) is 12.7 Å². The topological polar surface area (TPSA) is 46.9 Å². The Labute approximate surface area is 96.0 Å². The second-order valence-electron chi connectivity index (χ2n) is 4.38. The van der Waals surface area contributed by atoms with Crippen molar-refractivity contribution in [2.24, 2.45) is 0 Å². The van der Waals surface area contributed by atoms with Crippen molar-refractivity contribution in [1.82, 2.24) is 15.1 Å². The molecule has 0 amide bonds. The first-order valence-corrected chi connectivity index (χ1v) is 6.04. The summed E-state index contributed by atoms with van der Waals surface area (Å²) in [5, 5.41) is 7.52. The molecule has 0 aliphatic carbocycles. The van der Waals surface area contributed by atoms with Gasteiger partial charge >= 0.3 is 0 Å². The number of aromatic nitrogens is 2. The Morgan fingerprint density at radius 2 is 2.44 bits per heavy atom. The Morgan fingerprint density at radius 3 is 2.94 bits per heavy atom. The standard InChI is InChI=1S/C12H19N3O/c1-3-12(6-5-7-13-12)11(16)10-8-14-15(4-2)9-10/h8-9,13H,3-7H2,1-2H3. The summed E-state index contributed by atoms with van der Waals surface area (Å²) < 4.78 is 1.80. The van der Waals surface area contributed by atoms with E-state index in [1.165, 1.54) is 0 Å². The molecular formula is C12H19N3O. The minimum Gasteiger partial charge on any atom is -0.305 e. The molecule has 1 aliphatic heterocycles. The smallest absolute Gasteiger partial charge is 0.185 e. The Balaban J connectivity index is 2.23. The first-order chi connectivity index (χ1) is 7.72. The molecule has 1 atom stereocenters. The quantitative estimate of drug-likeness (QED) is 0.786. The summed E-state index contributed by atoms with van der Waals surface area (Å²) in [5.41, 5.74) is 0.403. The number of aryl methyl sites for hydroxylation is 1. The molecule has 1 aliphatic rings. The number of carbonyl (C=O) groups is 1. The second-order valence-corrected chi connectivity index (χ2v) is 4.38. The molecule has 1 unspecified atom stereocenters. The molecule has 16 heavy (non-hydrogen) atoms. The maximum atomic E-state index is 12.4. The average molecular weight is 221 g/mol. The van der Waals surface area contributed by atoms with E-state index in [0.717, 1.165) is 37.9 Å². The number of rotatable bonds is 4. The molecule has 0 aromatic carbocycles. The summed E-state index contributed by atoms with van der Waals surface area (Å²) in [6.45, 7) is 5.84. The van der Waals surface area contributed by atoms with Gasteiger partial charge in [-0.05, 0) is 32.7 Å². The van der Waals surface area contributed by atoms with Crippen molar-refractivity contribution in [2.45, 2.75) is 45.2 Å². The highest BCUT2D eigenvalue weighted by Crippen LogP contribution is 2.27. The van der Waals surface area contributed by atoms with Gasteiger partial charge in [0.05, 0.1) is 17.3 Å². The number of nitrogens with one attached hydrogen (secondary N) is 1. The fourth-order valence-corrected chi connectivity index (χ4v) is 2.39. The molecule has 1 saturated heterocycles. The van der Waals surface area contributed by atoms with Crippen LogP contribution in [0.1, 0.15) is 43.5 Å². The monoisotopic (exact) mass is 221 g/mol. The molecule has 2 heterocycles. The third kappa shape index (κ3) is 1.78. The van der Waals surface area contributed by atoms with E-state index < -0.39 is 0 Å². The van der Waals surface area contributed by atoms with Crippen LogP contribution in [0.3, 0.4) is 0 Å². The van der Waals surface area contributed by atoms with Crippen LogP contribution < -0.4 is 5.32 Å². The van der Waals surface area contributed by atoms with Gasteiger partial charge < -0.3 is 5.32 Å². The summed E-state index contributed by atoms with van der Waals surface area (Å²) in [4.78, 5) is 12.4. The number of ketones is 1. The second kappa shape index (κ2) is 4.37. The SMILES string of the molecule is CCn1cc(C(=O)C2(CC)CCCN2)cn1. The lowest BCUT2D eigenvalue weighted by atomic mass is 9.86. The maximum absolute atomic E-state index is 12.4. The van der Waals surface area contributed by atoms with E-state index >= 15 is 0 Å². The Hall–Kier alpha value is -1.16. The molecule has 4 heteroatoms. The first-order valence-electron chi connectivity index (χ1n) is 6.04. The lowest BCUT2D eigenvalue weighted by Crippen LogP contribution is -2.46. The summed E-state index contributed by atoms with van der Waals surface area (Å²) in [5.74, 6) is 0.201. The Bertz CT molecular complexity index is 377. The van der Waals surface area contributed by atoms with Gasteiger partial charge in [0.15, 0.2) is 5.78 Å². The molecule has 4 nitrogen and oxygen atoms in total. The van der Waals surface area contributed by atoms with Gasteiger partial charge in [0.1, 0.15) is 0 Å². The maximum Gasteiger partial charge on any atom is 0.185 e. The molecule has 1 N–H and O–H groups in total. The third-order valence-corrected chi connectivity index (χ3v) is 3.50. The number of Topliss-reactive ketones (excluding diaryl/α,β-unsaturated/α-hetero) is 1. The molecule has 0 spiro atoms. The highest BCUT2D eigenvalue weighted by Gasteiger charge is 2.39. The van der Waals surface area contributed by atoms with Crippen LogP contribution in [0.15, 0.2) is 12.4 Å². The average Bonchev–Trinajstić information content (AvgIpc) is 2.98. The molecule has 0 radical (unpaired) electrons. The fourth-order valence-electron chi connectivity index (χ4n) is 2.39. The van der Waals surface area contributed by atoms with Crippen molar-refractivity contribution >= 4 is 5.78 Å². The van der Waals surface area contributed by atoms with Gasteiger partial charge in [-0.3, -0.25) is 9.48 Å². The van der Waals surface area contributed by atoms with Crippen LogP contribution in [-0.2, 0) is 6.54 Å². The van der Waals surface area contributed by atoms with Crippen molar-refractivity contribution in [1.29, 1.82) is 0 Å². The van der Waals surface area contributed by atoms with E-state index in [4.69, 9.17) is 0 Å². The van der Waals surface area contributed by atoms with Crippen LogP contribution in [0.4, 0.5) is 0 Å². The zero-order valence-corrected chi connectivity index (χ0v) is 9.99. The number of nitrogens with zero attached hydrogens (tertiary/aromatic N) is 2. The molecule has 88 valence electrons. The first kappa shape index (κ1) is 11.3. The van der Waals surface area contributed by atoms with Crippen LogP contribution in [-0.4, -0.2) is 27.6 Å². The lowest BCUT2D eigenvalue weighted by molar-refractivity contribution is 0.0863. The summed E-state index contributed by atoms with van der Waals surface area (Å²) >= 11 is 0. The van der Waals surface area contributed by atoms with Crippen LogP contribution in [0.5, 0.6) is 0 Å². The van der Waals surface area contributed by atoms with Crippen molar-refractivity contribution in [3.8, 4) is 0 Å². The van der Waals surface area contributed by atoms with Crippen LogP contribution in [0.2, 0.25) is 0 Å². The minimum absolute atomic E-state index is 0.201. The Morgan fingerprint density at radius 1 is 1.62 bits per heavy atom. The van der Waals surface area contributed by atoms with E-state index in [0.29, 0.717) is 0 Å². The summed E-state index contributed by atoms with van der Waals surface area (Å²) in [7, 11) is 0. The molecule has 1 fully saturated rings. The van der Waals surface area contributed by atoms with E-state index in [9.17, 15) is 4.79 Å². The highest BCUT2D eigenvalue weighted by molar-refractivity contribution is 6.03. The van der Waals surface area contributed by atoms with E-state index in [2.05, 4.69) is 17.3 Å². The van der Waals surface area contributed by atoms with Crippen LogP contribution in [0, 0.1) is 0 Å². The molecule has 2 rings (SSSR count). The van der Waals surface area contributed by atoms with Gasteiger partial charge in [-0.25, -0.2) is 0 Å². The predicted molar refractivity (Wildman–Crippen MR) is 62.5 cm³/mol. The zero-order chi connectivity index (χ0) is 11.6. The van der Waals surface area contributed by atoms with Gasteiger partial charge in [0.25, 0.3) is 0 Å². The van der Waals surface area contributed by atoms with E-state index in [-0.39, 0.29) is 11.3 Å². The van der Waals surface area contributed by atoms with Crippen molar-refractivity contribution in [2.75, 3.05) is 6.54 Å². The molecule has 0 saturated carbocycles. The van der Waals surface area contributed by atoms with Gasteiger partial charge in [-0.1, -0.05) is 6.92 Å². The fraction of sp³-hybridized carbons (Fsp3) is 0.667. The summed E-state index contributed by atoms with van der Waals surface area (Å²) in [6.07, 6.45) is 6.41. The Kier molecular flexibility index (Phi) is 3.10. The largest absolute Gasteiger partial charge is 0.305 e.